The maximum Gasteiger partial charge on any atom is 0.255 e. The van der Waals surface area contributed by atoms with Gasteiger partial charge in [-0.15, -0.1) is 0 Å². The van der Waals surface area contributed by atoms with Crippen LogP contribution in [0.2, 0.25) is 0 Å². The van der Waals surface area contributed by atoms with Crippen molar-refractivity contribution < 1.29 is 9.53 Å². The SMILES string of the molecule is C[C@H]1Oc2c(C(=O)NCCc3c[nH]c4ccccc34)cccc2[C@@H]1C. The minimum atomic E-state index is -0.0713. The molecule has 4 nitrogen and oxygen atoms in total. The second kappa shape index (κ2) is 6.28. The predicted molar refractivity (Wildman–Crippen MR) is 99.3 cm³/mol. The monoisotopic (exact) mass is 334 g/mol. The molecule has 0 saturated heterocycles. The summed E-state index contributed by atoms with van der Waals surface area (Å²) in [4.78, 5) is 15.9. The highest BCUT2D eigenvalue weighted by Crippen LogP contribution is 2.40. The molecule has 2 N–H and O–H groups in total. The van der Waals surface area contributed by atoms with Crippen LogP contribution >= 0.6 is 0 Å². The highest BCUT2D eigenvalue weighted by molar-refractivity contribution is 5.97. The Morgan fingerprint density at radius 3 is 2.88 bits per heavy atom. The third-order valence-corrected chi connectivity index (χ3v) is 5.14. The zero-order valence-electron chi connectivity index (χ0n) is 14.5. The number of ether oxygens (including phenoxy) is 1. The first-order valence-corrected chi connectivity index (χ1v) is 8.78. The van der Waals surface area contributed by atoms with E-state index >= 15 is 0 Å². The number of benzene rings is 2. The van der Waals surface area contributed by atoms with Crippen LogP contribution in [-0.2, 0) is 6.42 Å². The van der Waals surface area contributed by atoms with E-state index < -0.39 is 0 Å². The third kappa shape index (κ3) is 2.78. The first kappa shape index (κ1) is 15.8. The second-order valence-corrected chi connectivity index (χ2v) is 6.70. The molecule has 3 aromatic rings. The number of carbonyl (C=O) groups is 1. The van der Waals surface area contributed by atoms with Gasteiger partial charge < -0.3 is 15.0 Å². The van der Waals surface area contributed by atoms with Gasteiger partial charge in [-0.05, 0) is 31.0 Å². The van der Waals surface area contributed by atoms with E-state index in [1.54, 1.807) is 0 Å². The lowest BCUT2D eigenvalue weighted by Gasteiger charge is -2.10. The lowest BCUT2D eigenvalue weighted by molar-refractivity contribution is 0.0949. The lowest BCUT2D eigenvalue weighted by atomic mass is 9.97. The van der Waals surface area contributed by atoms with Crippen LogP contribution in [0.15, 0.2) is 48.7 Å². The van der Waals surface area contributed by atoms with Crippen molar-refractivity contribution in [1.29, 1.82) is 0 Å². The smallest absolute Gasteiger partial charge is 0.255 e. The van der Waals surface area contributed by atoms with E-state index in [-0.39, 0.29) is 12.0 Å². The summed E-state index contributed by atoms with van der Waals surface area (Å²) in [5, 5.41) is 4.24. The highest BCUT2D eigenvalue weighted by Gasteiger charge is 2.30. The number of nitrogens with one attached hydrogen (secondary N) is 2. The Hall–Kier alpha value is -2.75. The quantitative estimate of drug-likeness (QED) is 0.757. The molecule has 1 aliphatic rings. The predicted octanol–water partition coefficient (Wildman–Crippen LogP) is 4.02. The first-order chi connectivity index (χ1) is 12.1. The molecule has 0 aliphatic carbocycles. The van der Waals surface area contributed by atoms with Gasteiger partial charge in [0.25, 0.3) is 5.91 Å². The molecular weight excluding hydrogens is 312 g/mol. The fourth-order valence-corrected chi connectivity index (χ4v) is 3.51. The van der Waals surface area contributed by atoms with E-state index in [1.807, 2.05) is 43.5 Å². The van der Waals surface area contributed by atoms with Crippen LogP contribution in [0, 0.1) is 0 Å². The average molecular weight is 334 g/mol. The molecule has 0 radical (unpaired) electrons. The molecule has 0 bridgehead atoms. The molecule has 2 heterocycles. The maximum absolute atomic E-state index is 12.6. The summed E-state index contributed by atoms with van der Waals surface area (Å²) in [7, 11) is 0. The van der Waals surface area contributed by atoms with Gasteiger partial charge >= 0.3 is 0 Å². The van der Waals surface area contributed by atoms with Crippen molar-refractivity contribution in [3.63, 3.8) is 0 Å². The summed E-state index contributed by atoms with van der Waals surface area (Å²) in [5.41, 5.74) is 4.10. The van der Waals surface area contributed by atoms with Crippen molar-refractivity contribution >= 4 is 16.8 Å². The van der Waals surface area contributed by atoms with Crippen molar-refractivity contribution in [2.24, 2.45) is 0 Å². The van der Waals surface area contributed by atoms with Gasteiger partial charge in [-0.2, -0.15) is 0 Å². The first-order valence-electron chi connectivity index (χ1n) is 8.78. The van der Waals surface area contributed by atoms with Gasteiger partial charge in [0.2, 0.25) is 0 Å². The summed E-state index contributed by atoms with van der Waals surface area (Å²) in [6.45, 7) is 4.77. The number of para-hydroxylation sites is 2. The fraction of sp³-hybridized carbons (Fsp3) is 0.286. The zero-order chi connectivity index (χ0) is 17.4. The van der Waals surface area contributed by atoms with E-state index in [0.717, 1.165) is 23.3 Å². The van der Waals surface area contributed by atoms with Gasteiger partial charge in [0, 0.05) is 35.1 Å². The minimum absolute atomic E-state index is 0.0713. The van der Waals surface area contributed by atoms with Gasteiger partial charge in [0.05, 0.1) is 5.56 Å². The van der Waals surface area contributed by atoms with Crippen LogP contribution in [0.4, 0.5) is 0 Å². The number of aromatic nitrogens is 1. The molecule has 25 heavy (non-hydrogen) atoms. The normalized spacial score (nSPS) is 18.8. The summed E-state index contributed by atoms with van der Waals surface area (Å²) in [6.07, 6.45) is 2.91. The number of amides is 1. The Kier molecular flexibility index (Phi) is 3.96. The third-order valence-electron chi connectivity index (χ3n) is 5.14. The molecule has 128 valence electrons. The number of hydrogen-bond donors (Lipinski definition) is 2. The molecule has 4 heteroatoms. The highest BCUT2D eigenvalue weighted by atomic mass is 16.5. The van der Waals surface area contributed by atoms with Crippen molar-refractivity contribution in [2.75, 3.05) is 6.54 Å². The van der Waals surface area contributed by atoms with E-state index in [0.29, 0.717) is 18.0 Å². The van der Waals surface area contributed by atoms with Crippen molar-refractivity contribution in [3.05, 3.63) is 65.4 Å². The molecular formula is C21H22N2O2. The van der Waals surface area contributed by atoms with Crippen LogP contribution in [0.5, 0.6) is 5.75 Å². The summed E-state index contributed by atoms with van der Waals surface area (Å²) in [6, 6.07) is 14.0. The van der Waals surface area contributed by atoms with Gasteiger partial charge in [0.15, 0.2) is 0 Å². The maximum atomic E-state index is 12.6. The van der Waals surface area contributed by atoms with E-state index in [1.165, 1.54) is 10.9 Å². The summed E-state index contributed by atoms with van der Waals surface area (Å²) in [5.74, 6) is 0.985. The molecule has 2 atom stereocenters. The molecule has 2 aromatic carbocycles. The number of carbonyl (C=O) groups excluding carboxylic acids is 1. The van der Waals surface area contributed by atoms with Crippen molar-refractivity contribution in [2.45, 2.75) is 32.3 Å². The van der Waals surface area contributed by atoms with Crippen molar-refractivity contribution in [1.82, 2.24) is 10.3 Å². The summed E-state index contributed by atoms with van der Waals surface area (Å²) >= 11 is 0. The van der Waals surface area contributed by atoms with Crippen LogP contribution in [0.1, 0.15) is 41.3 Å². The number of rotatable bonds is 4. The molecule has 4 rings (SSSR count). The molecule has 0 unspecified atom stereocenters. The second-order valence-electron chi connectivity index (χ2n) is 6.70. The zero-order valence-corrected chi connectivity index (χ0v) is 14.5. The number of fused-ring (bicyclic) bond motifs is 2. The number of hydrogen-bond acceptors (Lipinski definition) is 2. The van der Waals surface area contributed by atoms with Gasteiger partial charge in [-0.1, -0.05) is 37.3 Å². The average Bonchev–Trinajstić information content (AvgIpc) is 3.16. The van der Waals surface area contributed by atoms with E-state index in [2.05, 4.69) is 29.4 Å². The van der Waals surface area contributed by atoms with Gasteiger partial charge in [0.1, 0.15) is 11.9 Å². The topological polar surface area (TPSA) is 54.1 Å². The van der Waals surface area contributed by atoms with Crippen LogP contribution in [0.3, 0.4) is 0 Å². The van der Waals surface area contributed by atoms with E-state index in [9.17, 15) is 4.79 Å². The van der Waals surface area contributed by atoms with Gasteiger partial charge in [-0.3, -0.25) is 4.79 Å². The van der Waals surface area contributed by atoms with Gasteiger partial charge in [-0.25, -0.2) is 0 Å². The molecule has 1 aliphatic heterocycles. The van der Waals surface area contributed by atoms with Crippen LogP contribution in [0.25, 0.3) is 10.9 Å². The van der Waals surface area contributed by atoms with E-state index in [4.69, 9.17) is 4.74 Å². The Morgan fingerprint density at radius 2 is 2.00 bits per heavy atom. The molecule has 0 saturated carbocycles. The molecule has 0 fully saturated rings. The van der Waals surface area contributed by atoms with Crippen molar-refractivity contribution in [3.8, 4) is 5.75 Å². The Bertz CT molecular complexity index is 929. The Labute approximate surface area is 147 Å². The fourth-order valence-electron chi connectivity index (χ4n) is 3.51. The Morgan fingerprint density at radius 1 is 1.16 bits per heavy atom. The molecule has 1 amide bonds. The standard InChI is InChI=1S/C21H22N2O2/c1-13-14(2)25-20-16(13)7-5-8-18(20)21(24)22-11-10-15-12-23-19-9-4-3-6-17(15)19/h3-9,12-14,23H,10-11H2,1-2H3,(H,22,24)/t13-,14-/m1/s1. The van der Waals surface area contributed by atoms with Crippen LogP contribution in [-0.4, -0.2) is 23.5 Å². The Balaban J connectivity index is 1.45. The molecule has 1 aromatic heterocycles. The summed E-state index contributed by atoms with van der Waals surface area (Å²) < 4.78 is 5.92. The van der Waals surface area contributed by atoms with Crippen LogP contribution < -0.4 is 10.1 Å². The lowest BCUT2D eigenvalue weighted by Crippen LogP contribution is -2.26. The minimum Gasteiger partial charge on any atom is -0.489 e. The number of aromatic amines is 1. The largest absolute Gasteiger partial charge is 0.489 e. The number of H-pyrrole nitrogens is 1. The molecule has 0 spiro atoms.